The van der Waals surface area contributed by atoms with E-state index in [1.54, 1.807) is 11.3 Å². The molecular weight excluding hydrogens is 1930 g/mol. The van der Waals surface area contributed by atoms with Crippen molar-refractivity contribution in [3.63, 3.8) is 0 Å². The van der Waals surface area contributed by atoms with Crippen LogP contribution >= 0.6 is 56.9 Å². The molecule has 6 aromatic heterocycles. The van der Waals surface area contributed by atoms with Gasteiger partial charge in [0, 0.05) is 180 Å². The number of halogens is 1. The second kappa shape index (κ2) is 38.4. The zero-order valence-electron chi connectivity index (χ0n) is 80.2. The van der Waals surface area contributed by atoms with Crippen LogP contribution in [-0.4, -0.2) is 0 Å². The SMILES string of the molecule is C.Clc1cc(N(c2ccccc2)c2cccc3oc4ccccc4c23)c2c(c1)sc1c3ccccc3c(N(c3ccccc3)c3ccccc3)cc12.c1ccc(N(c2ccccc2)c2cc3c(sc4cc(N(c5ccccc5)c5c6ccccc6cc6sc7ccccc7c56)cc(N(c5ccccc5)c5cccc6oc7ccccc7c56)c43)c3ccccc23)cc1.c1ccc(Nc2c3ccccc3cc3sc4ccccc4c23)cc1. The Balaban J connectivity index is 0.000000125. The first-order valence-electron chi connectivity index (χ1n) is 50.0. The molecule has 30 aromatic rings. The molecule has 0 saturated heterocycles. The highest BCUT2D eigenvalue weighted by atomic mass is 35.5. The maximum Gasteiger partial charge on any atom is 0.137 e. The Morgan fingerprint density at radius 2 is 0.513 bits per heavy atom. The molecule has 13 heteroatoms. The normalized spacial score (nSPS) is 11.6. The number of rotatable bonds is 17. The minimum atomic E-state index is 0. The van der Waals surface area contributed by atoms with Crippen molar-refractivity contribution in [2.45, 2.75) is 7.43 Å². The fraction of sp³-hybridized carbons (Fsp3) is 0.00730. The number of nitrogens with one attached hydrogen (secondary N) is 1. The maximum atomic E-state index is 7.08. The van der Waals surface area contributed by atoms with Gasteiger partial charge in [0.1, 0.15) is 22.3 Å². The standard InChI is InChI=1S/C68H43N3OS2.C46H29ClN2OS.C22H15NS.CH4/c1-5-23-45(24-6-1)69(46-25-7-2-8-26-46)57-43-55-65-58(71(48-29-11-4-12-30-48)56-36-21-38-60-64(56)53-34-17-19-37-59(53)72-60)41-49(42-63(65)74-68(55)52-33-16-15-32-51(52)57)70(47-27-9-3-10-28-47)67-50-31-14-13-22-44(50)40-62-66(67)54-35-18-20-39-61(54)73-62;47-30-27-40(49(33-19-8-3-9-20-33)38-24-14-26-42-44(38)36-23-12-13-25-41(36)50-42)45-37-29-39(34-21-10-11-22-35(34)46(37)51-43(45)28-30)48(31-15-4-1-5-16-31)32-17-6-2-7-18-32;1-2-9-16(10-3-1)23-22-17-11-5-4-8-15(17)14-20-21(22)18-12-6-7-13-19(18)24-20;/h1-43H;1-29H;1-14,23H;1H4. The second-order valence-electron chi connectivity index (χ2n) is 37.4. The number of para-hydroxylation sites is 10. The molecule has 0 aliphatic heterocycles. The summed E-state index contributed by atoms with van der Waals surface area (Å²) >= 11 is 14.5. The smallest absolute Gasteiger partial charge is 0.137 e. The Kier molecular flexibility index (Phi) is 23.2. The highest BCUT2D eigenvalue weighted by molar-refractivity contribution is 7.28. The van der Waals surface area contributed by atoms with Gasteiger partial charge in [0.2, 0.25) is 0 Å². The summed E-state index contributed by atoms with van der Waals surface area (Å²) in [5.41, 5.74) is 21.9. The second-order valence-corrected chi connectivity index (χ2v) is 42.1. The average Bonchev–Trinajstić information content (AvgIpc) is 1.54. The van der Waals surface area contributed by atoms with Crippen LogP contribution in [0.1, 0.15) is 7.43 Å². The summed E-state index contributed by atoms with van der Waals surface area (Å²) in [6, 6.07) is 187. The molecule has 0 atom stereocenters. The van der Waals surface area contributed by atoms with Gasteiger partial charge in [-0.1, -0.05) is 347 Å². The Labute approximate surface area is 886 Å². The van der Waals surface area contributed by atoms with E-state index in [1.165, 1.54) is 119 Å². The predicted octanol–water partition coefficient (Wildman–Crippen LogP) is 43.3. The van der Waals surface area contributed by atoms with E-state index >= 15 is 0 Å². The van der Waals surface area contributed by atoms with Gasteiger partial charge in [-0.15, -0.1) is 45.3 Å². The lowest BCUT2D eigenvalue weighted by atomic mass is 9.99. The molecule has 0 bridgehead atoms. The molecule has 30 rings (SSSR count). The number of fused-ring (bicyclic) bond motifs is 24. The number of nitrogens with zero attached hydrogens (tertiary/aromatic N) is 5. The molecule has 0 aliphatic carbocycles. The molecule has 0 aliphatic rings. The van der Waals surface area contributed by atoms with Crippen molar-refractivity contribution < 1.29 is 8.83 Å². The molecule has 0 radical (unpaired) electrons. The first-order chi connectivity index (χ1) is 73.9. The zero-order chi connectivity index (χ0) is 98.5. The lowest BCUT2D eigenvalue weighted by Gasteiger charge is -2.31. The lowest BCUT2D eigenvalue weighted by Crippen LogP contribution is -2.14. The van der Waals surface area contributed by atoms with Crippen molar-refractivity contribution in [1.82, 2.24) is 0 Å². The third-order valence-corrected chi connectivity index (χ3v) is 33.4. The van der Waals surface area contributed by atoms with Gasteiger partial charge in [-0.3, -0.25) is 0 Å². The van der Waals surface area contributed by atoms with Crippen LogP contribution in [0.4, 0.5) is 96.7 Å². The molecule has 6 heterocycles. The highest BCUT2D eigenvalue weighted by Crippen LogP contribution is 2.59. The van der Waals surface area contributed by atoms with Crippen LogP contribution in [0.3, 0.4) is 0 Å². The van der Waals surface area contributed by atoms with Crippen molar-refractivity contribution in [1.29, 1.82) is 0 Å². The number of thiophene rings is 4. The highest BCUT2D eigenvalue weighted by Gasteiger charge is 2.33. The molecule has 1 N–H and O–H groups in total. The number of hydrogen-bond donors (Lipinski definition) is 1. The Hall–Kier alpha value is -18.1. The van der Waals surface area contributed by atoms with E-state index in [0.717, 1.165) is 145 Å². The number of anilines is 17. The van der Waals surface area contributed by atoms with Crippen molar-refractivity contribution in [3.8, 4) is 0 Å². The molecule has 0 amide bonds. The van der Waals surface area contributed by atoms with Crippen LogP contribution in [0, 0.1) is 0 Å². The summed E-state index contributed by atoms with van der Waals surface area (Å²) < 4.78 is 23.0. The zero-order valence-corrected chi connectivity index (χ0v) is 84.2. The van der Waals surface area contributed by atoms with Gasteiger partial charge < -0.3 is 38.7 Å². The first-order valence-corrected chi connectivity index (χ1v) is 53.6. The van der Waals surface area contributed by atoms with E-state index in [0.29, 0.717) is 5.02 Å². The van der Waals surface area contributed by atoms with Gasteiger partial charge in [-0.25, -0.2) is 0 Å². The van der Waals surface area contributed by atoms with Crippen LogP contribution in [0.5, 0.6) is 0 Å². The van der Waals surface area contributed by atoms with Crippen LogP contribution in [-0.2, 0) is 0 Å². The van der Waals surface area contributed by atoms with E-state index < -0.39 is 0 Å². The molecule has 24 aromatic carbocycles. The molecule has 0 spiro atoms. The molecular formula is C137H91ClN6O2S4. The van der Waals surface area contributed by atoms with E-state index in [2.05, 4.69) is 533 Å². The molecule has 0 unspecified atom stereocenters. The van der Waals surface area contributed by atoms with Crippen LogP contribution in [0.15, 0.2) is 531 Å². The minimum Gasteiger partial charge on any atom is -0.456 e. The van der Waals surface area contributed by atoms with Gasteiger partial charge in [0.25, 0.3) is 0 Å². The van der Waals surface area contributed by atoms with Gasteiger partial charge in [-0.2, -0.15) is 0 Å². The van der Waals surface area contributed by atoms with Crippen molar-refractivity contribution in [2.75, 3.05) is 29.8 Å². The van der Waals surface area contributed by atoms with Crippen molar-refractivity contribution in [2.24, 2.45) is 0 Å². The quantitative estimate of drug-likeness (QED) is 0.0968. The van der Waals surface area contributed by atoms with Gasteiger partial charge >= 0.3 is 0 Å². The van der Waals surface area contributed by atoms with Crippen LogP contribution in [0.25, 0.3) is 168 Å². The predicted molar refractivity (Wildman–Crippen MR) is 650 cm³/mol. The van der Waals surface area contributed by atoms with Crippen molar-refractivity contribution >= 4 is 321 Å². The monoisotopic (exact) mass is 2010 g/mol. The summed E-state index contributed by atoms with van der Waals surface area (Å²) in [7, 11) is 0. The molecule has 712 valence electrons. The van der Waals surface area contributed by atoms with Crippen LogP contribution < -0.4 is 29.8 Å². The lowest BCUT2D eigenvalue weighted by molar-refractivity contribution is 0.668. The molecule has 150 heavy (non-hydrogen) atoms. The number of benzene rings is 24. The fourth-order valence-electron chi connectivity index (χ4n) is 22.3. The first kappa shape index (κ1) is 90.6. The Morgan fingerprint density at radius 1 is 0.187 bits per heavy atom. The topological polar surface area (TPSA) is 54.5 Å². The third kappa shape index (κ3) is 15.8. The summed E-state index contributed by atoms with van der Waals surface area (Å²) in [4.78, 5) is 12.2. The minimum absolute atomic E-state index is 0. The maximum absolute atomic E-state index is 7.08. The summed E-state index contributed by atoms with van der Waals surface area (Å²) in [6.07, 6.45) is 0. The summed E-state index contributed by atoms with van der Waals surface area (Å²) in [5.74, 6) is 0. The van der Waals surface area contributed by atoms with E-state index in [1.807, 2.05) is 52.2 Å². The molecule has 0 saturated carbocycles. The summed E-state index contributed by atoms with van der Waals surface area (Å²) in [6.45, 7) is 0. The van der Waals surface area contributed by atoms with E-state index in [-0.39, 0.29) is 7.43 Å². The number of furan rings is 2. The Bertz CT molecular complexity index is 10300. The number of hydrogen-bond acceptors (Lipinski definition) is 12. The van der Waals surface area contributed by atoms with E-state index in [9.17, 15) is 0 Å². The van der Waals surface area contributed by atoms with Crippen molar-refractivity contribution in [3.05, 3.63) is 527 Å². The molecule has 8 nitrogen and oxygen atoms in total. The Morgan fingerprint density at radius 3 is 0.967 bits per heavy atom. The van der Waals surface area contributed by atoms with Gasteiger partial charge in [-0.05, 0) is 205 Å². The van der Waals surface area contributed by atoms with Gasteiger partial charge in [0.15, 0.2) is 0 Å². The van der Waals surface area contributed by atoms with Gasteiger partial charge in [0.05, 0.1) is 56.3 Å². The largest absolute Gasteiger partial charge is 0.456 e. The van der Waals surface area contributed by atoms with E-state index in [4.69, 9.17) is 20.4 Å². The fourth-order valence-corrected chi connectivity index (χ4v) is 27.4. The van der Waals surface area contributed by atoms with Crippen LogP contribution in [0.2, 0.25) is 5.02 Å². The average molecular weight is 2020 g/mol. The third-order valence-electron chi connectivity index (χ3n) is 28.6. The molecule has 0 fully saturated rings. The summed E-state index contributed by atoms with van der Waals surface area (Å²) in [5, 5.41) is 28.2.